The van der Waals surface area contributed by atoms with E-state index in [2.05, 4.69) is 0 Å². The fourth-order valence-electron chi connectivity index (χ4n) is 2.08. The number of hydrogen-bond donors (Lipinski definition) is 1. The van der Waals surface area contributed by atoms with E-state index in [1.807, 2.05) is 31.5 Å². The Hall–Kier alpha value is -1.82. The number of rotatable bonds is 7. The van der Waals surface area contributed by atoms with Crippen LogP contribution in [0.4, 0.5) is 0 Å². The van der Waals surface area contributed by atoms with E-state index in [9.17, 15) is 9.59 Å². The Morgan fingerprint density at radius 2 is 2.05 bits per heavy atom. The number of amides is 1. The number of aliphatic carboxylic acids is 1. The molecular weight excluding hydrogens is 272 g/mol. The largest absolute Gasteiger partial charge is 0.481 e. The molecule has 1 N–H and O–H groups in total. The molecule has 0 bridgehead atoms. The first-order chi connectivity index (χ1) is 9.77. The van der Waals surface area contributed by atoms with E-state index in [0.29, 0.717) is 18.8 Å². The minimum absolute atomic E-state index is 0.0677. The van der Waals surface area contributed by atoms with Gasteiger partial charge >= 0.3 is 5.97 Å². The number of carbonyl (C=O) groups is 2. The molecule has 1 aromatic heterocycles. The molecule has 0 radical (unpaired) electrons. The first-order valence-corrected chi connectivity index (χ1v) is 6.95. The molecule has 0 aliphatic carbocycles. The van der Waals surface area contributed by atoms with Crippen molar-refractivity contribution in [1.29, 1.82) is 0 Å². The molecule has 0 aliphatic rings. The minimum atomic E-state index is -0.910. The number of nitrogens with zero attached hydrogens (tertiary/aromatic N) is 2. The standard InChI is InChI=1S/C15H24N2O4/c1-15(2,3)17(9-7-13(18)19)14(20)12-6-5-8-16(12)10-11-21-4/h5-6,8H,7,9-11H2,1-4H3,(H,18,19). The number of carboxylic acid groups (broad SMARTS) is 1. The molecule has 0 fully saturated rings. The summed E-state index contributed by atoms with van der Waals surface area (Å²) in [5.74, 6) is -1.07. The number of carboxylic acids is 1. The lowest BCUT2D eigenvalue weighted by atomic mass is 10.0. The third-order valence-electron chi connectivity index (χ3n) is 3.19. The van der Waals surface area contributed by atoms with Gasteiger partial charge in [-0.15, -0.1) is 0 Å². The van der Waals surface area contributed by atoms with Gasteiger partial charge in [0.1, 0.15) is 5.69 Å². The van der Waals surface area contributed by atoms with E-state index in [4.69, 9.17) is 9.84 Å². The second kappa shape index (κ2) is 7.26. The van der Waals surface area contributed by atoms with Gasteiger partial charge in [-0.25, -0.2) is 0 Å². The summed E-state index contributed by atoms with van der Waals surface area (Å²) >= 11 is 0. The van der Waals surface area contributed by atoms with Crippen LogP contribution in [0.1, 0.15) is 37.7 Å². The van der Waals surface area contributed by atoms with Crippen molar-refractivity contribution >= 4 is 11.9 Å². The van der Waals surface area contributed by atoms with Crippen molar-refractivity contribution in [3.05, 3.63) is 24.0 Å². The zero-order valence-electron chi connectivity index (χ0n) is 13.1. The monoisotopic (exact) mass is 296 g/mol. The lowest BCUT2D eigenvalue weighted by molar-refractivity contribution is -0.137. The van der Waals surface area contributed by atoms with Crippen molar-refractivity contribution in [2.24, 2.45) is 0 Å². The van der Waals surface area contributed by atoms with Gasteiger partial charge < -0.3 is 19.3 Å². The Labute approximate surface area is 125 Å². The lowest BCUT2D eigenvalue weighted by Gasteiger charge is -2.35. The van der Waals surface area contributed by atoms with E-state index < -0.39 is 11.5 Å². The molecule has 118 valence electrons. The fourth-order valence-corrected chi connectivity index (χ4v) is 2.08. The zero-order valence-corrected chi connectivity index (χ0v) is 13.1. The van der Waals surface area contributed by atoms with E-state index in [0.717, 1.165) is 0 Å². The van der Waals surface area contributed by atoms with Crippen LogP contribution in [0.3, 0.4) is 0 Å². The van der Waals surface area contributed by atoms with Crippen LogP contribution in [0.2, 0.25) is 0 Å². The highest BCUT2D eigenvalue weighted by atomic mass is 16.5. The van der Waals surface area contributed by atoms with Gasteiger partial charge in [0.05, 0.1) is 13.0 Å². The molecule has 0 saturated heterocycles. The minimum Gasteiger partial charge on any atom is -0.481 e. The van der Waals surface area contributed by atoms with Crippen molar-refractivity contribution in [3.8, 4) is 0 Å². The molecule has 1 aromatic rings. The predicted octanol–water partition coefficient (Wildman–Crippen LogP) is 1.85. The van der Waals surface area contributed by atoms with Crippen LogP contribution in [0.15, 0.2) is 18.3 Å². The van der Waals surface area contributed by atoms with Crippen molar-refractivity contribution in [2.45, 2.75) is 39.3 Å². The molecule has 0 unspecified atom stereocenters. The Morgan fingerprint density at radius 3 is 2.57 bits per heavy atom. The van der Waals surface area contributed by atoms with Crippen LogP contribution in [-0.2, 0) is 16.1 Å². The lowest BCUT2D eigenvalue weighted by Crippen LogP contribution is -2.47. The van der Waals surface area contributed by atoms with Gasteiger partial charge in [0.15, 0.2) is 0 Å². The summed E-state index contributed by atoms with van der Waals surface area (Å²) in [5, 5.41) is 8.85. The normalized spacial score (nSPS) is 11.4. The molecule has 0 spiro atoms. The van der Waals surface area contributed by atoms with Crippen LogP contribution in [0.25, 0.3) is 0 Å². The van der Waals surface area contributed by atoms with Crippen molar-refractivity contribution in [3.63, 3.8) is 0 Å². The molecule has 6 heteroatoms. The maximum absolute atomic E-state index is 12.7. The van der Waals surface area contributed by atoms with Gasteiger partial charge in [-0.1, -0.05) is 0 Å². The van der Waals surface area contributed by atoms with Crippen LogP contribution >= 0.6 is 0 Å². The average molecular weight is 296 g/mol. The first kappa shape index (κ1) is 17.2. The van der Waals surface area contributed by atoms with Crippen molar-refractivity contribution in [1.82, 2.24) is 9.47 Å². The number of aromatic nitrogens is 1. The number of carbonyl (C=O) groups excluding carboxylic acids is 1. The molecule has 0 aliphatic heterocycles. The maximum Gasteiger partial charge on any atom is 0.305 e. The van der Waals surface area contributed by atoms with Gasteiger partial charge in [-0.05, 0) is 32.9 Å². The molecule has 1 amide bonds. The fraction of sp³-hybridized carbons (Fsp3) is 0.600. The van der Waals surface area contributed by atoms with Gasteiger partial charge in [-0.2, -0.15) is 0 Å². The Kier molecular flexibility index (Phi) is 5.96. The maximum atomic E-state index is 12.7. The summed E-state index contributed by atoms with van der Waals surface area (Å²) in [6.07, 6.45) is 1.76. The average Bonchev–Trinajstić information content (AvgIpc) is 2.82. The molecule has 0 atom stereocenters. The van der Waals surface area contributed by atoms with Gasteiger partial charge in [0, 0.05) is 31.9 Å². The third-order valence-corrected chi connectivity index (χ3v) is 3.19. The van der Waals surface area contributed by atoms with Crippen LogP contribution < -0.4 is 0 Å². The van der Waals surface area contributed by atoms with E-state index in [1.54, 1.807) is 24.1 Å². The van der Waals surface area contributed by atoms with E-state index >= 15 is 0 Å². The Balaban J connectivity index is 2.95. The van der Waals surface area contributed by atoms with Crippen molar-refractivity contribution in [2.75, 3.05) is 20.3 Å². The molecule has 0 saturated carbocycles. The Bertz CT molecular complexity index is 488. The molecule has 1 rings (SSSR count). The van der Waals surface area contributed by atoms with Crippen LogP contribution in [0, 0.1) is 0 Å². The van der Waals surface area contributed by atoms with Crippen LogP contribution in [-0.4, -0.2) is 52.3 Å². The number of ether oxygens (including phenoxy) is 1. The summed E-state index contributed by atoms with van der Waals surface area (Å²) in [4.78, 5) is 25.1. The predicted molar refractivity (Wildman–Crippen MR) is 79.4 cm³/mol. The molecule has 1 heterocycles. The summed E-state index contributed by atoms with van der Waals surface area (Å²) in [7, 11) is 1.61. The Morgan fingerprint density at radius 1 is 1.38 bits per heavy atom. The molecule has 21 heavy (non-hydrogen) atoms. The summed E-state index contributed by atoms with van der Waals surface area (Å²) in [5.41, 5.74) is 0.107. The smallest absolute Gasteiger partial charge is 0.305 e. The van der Waals surface area contributed by atoms with E-state index in [1.165, 1.54) is 0 Å². The van der Waals surface area contributed by atoms with Gasteiger partial charge in [-0.3, -0.25) is 9.59 Å². The molecule has 0 aromatic carbocycles. The van der Waals surface area contributed by atoms with Gasteiger partial charge in [0.25, 0.3) is 5.91 Å². The second-order valence-electron chi connectivity index (χ2n) is 5.85. The van der Waals surface area contributed by atoms with Crippen LogP contribution in [0.5, 0.6) is 0 Å². The quantitative estimate of drug-likeness (QED) is 0.833. The summed E-state index contributed by atoms with van der Waals surface area (Å²) < 4.78 is 6.86. The van der Waals surface area contributed by atoms with E-state index in [-0.39, 0.29) is 18.9 Å². The zero-order chi connectivity index (χ0) is 16.0. The summed E-state index contributed by atoms with van der Waals surface area (Å²) in [6.45, 7) is 6.98. The highest BCUT2D eigenvalue weighted by Gasteiger charge is 2.29. The SMILES string of the molecule is COCCn1cccc1C(=O)N(CCC(=O)O)C(C)(C)C. The van der Waals surface area contributed by atoms with Crippen molar-refractivity contribution < 1.29 is 19.4 Å². The summed E-state index contributed by atoms with van der Waals surface area (Å²) in [6, 6.07) is 3.55. The number of hydrogen-bond acceptors (Lipinski definition) is 3. The third kappa shape index (κ3) is 4.90. The highest BCUT2D eigenvalue weighted by Crippen LogP contribution is 2.18. The second-order valence-corrected chi connectivity index (χ2v) is 5.85. The first-order valence-electron chi connectivity index (χ1n) is 6.95. The van der Waals surface area contributed by atoms with Gasteiger partial charge in [0.2, 0.25) is 0 Å². The molecular formula is C15H24N2O4. The molecule has 6 nitrogen and oxygen atoms in total. The number of methoxy groups -OCH3 is 1. The highest BCUT2D eigenvalue weighted by molar-refractivity contribution is 5.93. The topological polar surface area (TPSA) is 71.8 Å².